The van der Waals surface area contributed by atoms with Crippen molar-refractivity contribution in [3.05, 3.63) is 93.5 Å². The fraction of sp³-hybridized carbons (Fsp3) is 0.240. The van der Waals surface area contributed by atoms with E-state index in [1.54, 1.807) is 24.3 Å². The predicted molar refractivity (Wildman–Crippen MR) is 123 cm³/mol. The first kappa shape index (κ1) is 22.8. The van der Waals surface area contributed by atoms with Crippen LogP contribution in [0.2, 0.25) is 0 Å². The number of hydrogen-bond acceptors (Lipinski definition) is 5. The van der Waals surface area contributed by atoms with Crippen molar-refractivity contribution < 1.29 is 19.6 Å². The van der Waals surface area contributed by atoms with Gasteiger partial charge in [0.25, 0.3) is 11.6 Å². The Labute approximate surface area is 186 Å². The smallest absolute Gasteiger partial charge is 0.296 e. The van der Waals surface area contributed by atoms with Crippen molar-refractivity contribution >= 4 is 17.3 Å². The topological polar surface area (TPSA) is 102 Å². The Bertz CT molecular complexity index is 1090. The maximum Gasteiger partial charge on any atom is 0.296 e. The Morgan fingerprint density at radius 2 is 1.69 bits per heavy atom. The van der Waals surface area contributed by atoms with Gasteiger partial charge in [-0.2, -0.15) is 0 Å². The first-order valence-electron chi connectivity index (χ1n) is 10.4. The molecule has 0 saturated carbocycles. The number of carbonyl (C=O) groups is 1. The second-order valence-electron chi connectivity index (χ2n) is 8.01. The molecule has 3 aromatic carbocycles. The molecule has 1 atom stereocenters. The summed E-state index contributed by atoms with van der Waals surface area (Å²) in [6.07, 6.45) is 0.856. The van der Waals surface area contributed by atoms with Gasteiger partial charge in [-0.15, -0.1) is 0 Å². The van der Waals surface area contributed by atoms with Gasteiger partial charge in [0, 0.05) is 11.6 Å². The zero-order chi connectivity index (χ0) is 23.3. The summed E-state index contributed by atoms with van der Waals surface area (Å²) < 4.78 is 5.98. The van der Waals surface area contributed by atoms with Crippen molar-refractivity contribution in [3.8, 4) is 11.5 Å². The molecular weight excluding hydrogens is 408 g/mol. The highest BCUT2D eigenvalue weighted by atomic mass is 16.6. The average Bonchev–Trinajstić information content (AvgIpc) is 2.75. The molecule has 1 amide bonds. The number of carbonyl (C=O) groups excluding carboxylic acids is 1. The van der Waals surface area contributed by atoms with Crippen LogP contribution in [0.3, 0.4) is 0 Å². The number of phenols is 1. The molecule has 0 aliphatic carbocycles. The summed E-state index contributed by atoms with van der Waals surface area (Å²) in [6, 6.07) is 18.6. The predicted octanol–water partition coefficient (Wildman–Crippen LogP) is 5.89. The lowest BCUT2D eigenvalue weighted by atomic mass is 10.0. The Balaban J connectivity index is 1.66. The molecule has 32 heavy (non-hydrogen) atoms. The fourth-order valence-electron chi connectivity index (χ4n) is 3.35. The highest BCUT2D eigenvalue weighted by Crippen LogP contribution is 2.33. The Morgan fingerprint density at radius 3 is 2.28 bits per heavy atom. The van der Waals surface area contributed by atoms with Crippen LogP contribution in [-0.4, -0.2) is 15.9 Å². The highest BCUT2D eigenvalue weighted by molar-refractivity contribution is 6.06. The van der Waals surface area contributed by atoms with E-state index in [1.165, 1.54) is 23.8 Å². The van der Waals surface area contributed by atoms with E-state index < -0.39 is 10.8 Å². The number of benzene rings is 3. The number of phenolic OH excluding ortho intramolecular Hbond substituents is 1. The SMILES string of the molecule is CC(C)Cc1ccc(C(C)Oc2ccc(C(=O)Nc3c(O)cccc3[N+](=O)[O-])cc2)cc1. The molecule has 7 heteroatoms. The van der Waals surface area contributed by atoms with E-state index in [-0.39, 0.29) is 28.8 Å². The van der Waals surface area contributed by atoms with Crippen LogP contribution >= 0.6 is 0 Å². The molecule has 0 aliphatic rings. The molecule has 0 fully saturated rings. The van der Waals surface area contributed by atoms with Crippen LogP contribution in [-0.2, 0) is 6.42 Å². The Morgan fingerprint density at radius 1 is 1.03 bits per heavy atom. The van der Waals surface area contributed by atoms with Crippen LogP contribution in [0.4, 0.5) is 11.4 Å². The van der Waals surface area contributed by atoms with Crippen molar-refractivity contribution in [2.45, 2.75) is 33.3 Å². The lowest BCUT2D eigenvalue weighted by molar-refractivity contribution is -0.384. The molecule has 166 valence electrons. The van der Waals surface area contributed by atoms with Gasteiger partial charge in [-0.25, -0.2) is 0 Å². The molecule has 0 aliphatic heterocycles. The number of anilines is 1. The van der Waals surface area contributed by atoms with Crippen molar-refractivity contribution in [3.63, 3.8) is 0 Å². The van der Waals surface area contributed by atoms with Gasteiger partial charge in [0.1, 0.15) is 17.6 Å². The van der Waals surface area contributed by atoms with Crippen molar-refractivity contribution in [1.29, 1.82) is 0 Å². The molecule has 7 nitrogen and oxygen atoms in total. The van der Waals surface area contributed by atoms with Gasteiger partial charge in [-0.05, 0) is 60.7 Å². The van der Waals surface area contributed by atoms with Crippen molar-refractivity contribution in [2.24, 2.45) is 5.92 Å². The summed E-state index contributed by atoms with van der Waals surface area (Å²) in [5.74, 6) is 0.242. The van der Waals surface area contributed by atoms with E-state index in [9.17, 15) is 20.0 Å². The van der Waals surface area contributed by atoms with Gasteiger partial charge in [-0.1, -0.05) is 44.2 Å². The van der Waals surface area contributed by atoms with Crippen LogP contribution in [0, 0.1) is 16.0 Å². The Hall–Kier alpha value is -3.87. The largest absolute Gasteiger partial charge is 0.505 e. The average molecular weight is 434 g/mol. The number of aromatic hydroxyl groups is 1. The van der Waals surface area contributed by atoms with E-state index in [2.05, 4.69) is 43.4 Å². The number of amides is 1. The number of rotatable bonds is 8. The normalized spacial score (nSPS) is 11.8. The summed E-state index contributed by atoms with van der Waals surface area (Å²) in [4.78, 5) is 23.0. The second-order valence-corrected chi connectivity index (χ2v) is 8.01. The molecule has 1 unspecified atom stereocenters. The van der Waals surface area contributed by atoms with Crippen LogP contribution in [0.5, 0.6) is 11.5 Å². The minimum atomic E-state index is -0.664. The molecule has 3 aromatic rings. The van der Waals surface area contributed by atoms with Gasteiger partial charge in [-0.3, -0.25) is 14.9 Å². The van der Waals surface area contributed by atoms with Gasteiger partial charge >= 0.3 is 0 Å². The van der Waals surface area contributed by atoms with Crippen molar-refractivity contribution in [1.82, 2.24) is 0 Å². The van der Waals surface area contributed by atoms with Gasteiger partial charge in [0.2, 0.25) is 0 Å². The summed E-state index contributed by atoms with van der Waals surface area (Å²) in [7, 11) is 0. The number of ether oxygens (including phenoxy) is 1. The number of nitro groups is 1. The molecule has 0 heterocycles. The van der Waals surface area contributed by atoms with E-state index in [0.717, 1.165) is 12.0 Å². The third kappa shape index (κ3) is 5.63. The molecule has 0 spiro atoms. The number of nitrogens with zero attached hydrogens (tertiary/aromatic N) is 1. The third-order valence-corrected chi connectivity index (χ3v) is 4.98. The Kier molecular flexibility index (Phi) is 7.10. The maximum absolute atomic E-state index is 12.5. The van der Waals surface area contributed by atoms with E-state index in [1.807, 2.05) is 6.92 Å². The number of hydrogen-bond donors (Lipinski definition) is 2. The number of nitro benzene ring substituents is 1. The first-order valence-corrected chi connectivity index (χ1v) is 10.4. The summed E-state index contributed by atoms with van der Waals surface area (Å²) >= 11 is 0. The van der Waals surface area contributed by atoms with Crippen molar-refractivity contribution in [2.75, 3.05) is 5.32 Å². The summed E-state index contributed by atoms with van der Waals surface area (Å²) in [5, 5.41) is 23.5. The molecule has 3 rings (SSSR count). The first-order chi connectivity index (χ1) is 15.2. The standard InChI is InChI=1S/C25H26N2O5/c1-16(2)15-18-7-9-19(10-8-18)17(3)32-21-13-11-20(12-14-21)25(29)26-24-22(27(30)31)5-4-6-23(24)28/h4-14,16-17,28H,15H2,1-3H3,(H,26,29). The summed E-state index contributed by atoms with van der Waals surface area (Å²) in [6.45, 7) is 6.33. The monoisotopic (exact) mass is 434 g/mol. The minimum Gasteiger partial charge on any atom is -0.505 e. The minimum absolute atomic E-state index is 0.174. The van der Waals surface area contributed by atoms with Gasteiger partial charge in [0.05, 0.1) is 4.92 Å². The molecule has 0 saturated heterocycles. The molecule has 0 radical (unpaired) electrons. The maximum atomic E-state index is 12.5. The fourth-order valence-corrected chi connectivity index (χ4v) is 3.35. The number of nitrogens with one attached hydrogen (secondary N) is 1. The quantitative estimate of drug-likeness (QED) is 0.261. The molecule has 0 aromatic heterocycles. The van der Waals surface area contributed by atoms with E-state index in [0.29, 0.717) is 11.7 Å². The second kappa shape index (κ2) is 9.96. The number of para-hydroxylation sites is 1. The molecular formula is C25H26N2O5. The third-order valence-electron chi connectivity index (χ3n) is 4.98. The van der Waals surface area contributed by atoms with E-state index >= 15 is 0 Å². The van der Waals surface area contributed by atoms with Crippen LogP contribution in [0.1, 0.15) is 48.4 Å². The molecule has 0 bridgehead atoms. The highest BCUT2D eigenvalue weighted by Gasteiger charge is 2.20. The van der Waals surface area contributed by atoms with Gasteiger partial charge in [0.15, 0.2) is 5.69 Å². The van der Waals surface area contributed by atoms with Crippen LogP contribution in [0.15, 0.2) is 66.7 Å². The lowest BCUT2D eigenvalue weighted by Gasteiger charge is -2.16. The zero-order valence-corrected chi connectivity index (χ0v) is 18.2. The molecule has 2 N–H and O–H groups in total. The van der Waals surface area contributed by atoms with Gasteiger partial charge < -0.3 is 15.2 Å². The summed E-state index contributed by atoms with van der Waals surface area (Å²) in [5.41, 5.74) is 1.99. The lowest BCUT2D eigenvalue weighted by Crippen LogP contribution is -2.13. The van der Waals surface area contributed by atoms with Crippen LogP contribution in [0.25, 0.3) is 0 Å². The van der Waals surface area contributed by atoms with Crippen LogP contribution < -0.4 is 10.1 Å². The van der Waals surface area contributed by atoms with E-state index in [4.69, 9.17) is 4.74 Å². The zero-order valence-electron chi connectivity index (χ0n) is 18.2.